The maximum Gasteiger partial charge on any atom is 0.259 e. The van der Waals surface area contributed by atoms with Gasteiger partial charge < -0.3 is 5.11 Å². The van der Waals surface area contributed by atoms with E-state index < -0.39 is 5.91 Å². The molecule has 18 heavy (non-hydrogen) atoms. The number of β-amino-alcohol motifs (C(OH)–C–C–N with tert-alkyl or cyclic N) is 1. The molecular formula is C12H13BrN2O3. The van der Waals surface area contributed by atoms with Gasteiger partial charge in [-0.1, -0.05) is 12.1 Å². The summed E-state index contributed by atoms with van der Waals surface area (Å²) in [7, 11) is 0. The smallest absolute Gasteiger partial charge is 0.259 e. The zero-order chi connectivity index (χ0) is 13.1. The Balaban J connectivity index is 1.87. The maximum atomic E-state index is 11.8. The molecular weight excluding hydrogens is 300 g/mol. The molecule has 2 amide bonds. The van der Waals surface area contributed by atoms with Crippen LogP contribution in [0.2, 0.25) is 0 Å². The number of hydrogen-bond donors (Lipinski definition) is 2. The number of imide groups is 1. The van der Waals surface area contributed by atoms with Gasteiger partial charge in [-0.15, -0.1) is 0 Å². The number of benzene rings is 1. The number of aliphatic hydroxyl groups excluding tert-OH is 1. The standard InChI is InChI=1S/C12H13BrN2O3/c13-10-4-2-1-3-9(10)12(18)14-11(17)7-15-5-8(16)6-15/h1-4,8,16H,5-7H2,(H,14,17,18). The van der Waals surface area contributed by atoms with Crippen molar-refractivity contribution in [1.82, 2.24) is 10.2 Å². The van der Waals surface area contributed by atoms with Crippen LogP contribution in [-0.4, -0.2) is 47.6 Å². The van der Waals surface area contributed by atoms with E-state index in [9.17, 15) is 9.59 Å². The molecule has 2 N–H and O–H groups in total. The summed E-state index contributed by atoms with van der Waals surface area (Å²) in [6.07, 6.45) is -0.350. The van der Waals surface area contributed by atoms with E-state index in [1.165, 1.54) is 0 Å². The van der Waals surface area contributed by atoms with Gasteiger partial charge >= 0.3 is 0 Å². The third-order valence-electron chi connectivity index (χ3n) is 2.68. The Labute approximate surface area is 113 Å². The number of carbonyl (C=O) groups is 2. The highest BCUT2D eigenvalue weighted by Crippen LogP contribution is 2.15. The third kappa shape index (κ3) is 3.16. The Bertz CT molecular complexity index is 472. The van der Waals surface area contributed by atoms with E-state index in [1.807, 2.05) is 0 Å². The summed E-state index contributed by atoms with van der Waals surface area (Å²) in [6, 6.07) is 6.91. The minimum absolute atomic E-state index is 0.132. The molecule has 96 valence electrons. The number of rotatable bonds is 3. The van der Waals surface area contributed by atoms with Crippen molar-refractivity contribution in [2.24, 2.45) is 0 Å². The first-order valence-electron chi connectivity index (χ1n) is 5.55. The molecule has 1 fully saturated rings. The summed E-state index contributed by atoms with van der Waals surface area (Å²) in [5.74, 6) is -0.781. The molecule has 0 radical (unpaired) electrons. The Morgan fingerprint density at radius 3 is 2.67 bits per heavy atom. The number of halogens is 1. The first-order valence-corrected chi connectivity index (χ1v) is 6.34. The van der Waals surface area contributed by atoms with Gasteiger partial charge in [0.25, 0.3) is 5.91 Å². The first-order chi connectivity index (χ1) is 8.56. The van der Waals surface area contributed by atoms with Crippen LogP contribution in [0.15, 0.2) is 28.7 Å². The normalized spacial score (nSPS) is 16.1. The average Bonchev–Trinajstić information content (AvgIpc) is 2.27. The van der Waals surface area contributed by atoms with Crippen molar-refractivity contribution in [1.29, 1.82) is 0 Å². The Kier molecular flexibility index (Phi) is 4.11. The minimum atomic E-state index is -0.423. The summed E-state index contributed by atoms with van der Waals surface area (Å²) in [5.41, 5.74) is 0.425. The Hall–Kier alpha value is -1.24. The highest BCUT2D eigenvalue weighted by atomic mass is 79.9. The molecule has 0 spiro atoms. The summed E-state index contributed by atoms with van der Waals surface area (Å²) >= 11 is 3.25. The molecule has 0 aromatic heterocycles. The molecule has 1 heterocycles. The molecule has 6 heteroatoms. The average molecular weight is 313 g/mol. The summed E-state index contributed by atoms with van der Waals surface area (Å²) in [4.78, 5) is 25.1. The van der Waals surface area contributed by atoms with Crippen LogP contribution in [0, 0.1) is 0 Å². The van der Waals surface area contributed by atoms with Crippen molar-refractivity contribution in [3.8, 4) is 0 Å². The van der Waals surface area contributed by atoms with E-state index >= 15 is 0 Å². The van der Waals surface area contributed by atoms with Crippen LogP contribution in [0.4, 0.5) is 0 Å². The van der Waals surface area contributed by atoms with Crippen LogP contribution in [0.3, 0.4) is 0 Å². The van der Waals surface area contributed by atoms with Gasteiger partial charge in [0.1, 0.15) is 0 Å². The molecule has 0 atom stereocenters. The van der Waals surface area contributed by atoms with Gasteiger partial charge in [0, 0.05) is 17.6 Å². The van der Waals surface area contributed by atoms with Crippen LogP contribution in [-0.2, 0) is 4.79 Å². The zero-order valence-electron chi connectivity index (χ0n) is 9.60. The largest absolute Gasteiger partial charge is 0.390 e. The zero-order valence-corrected chi connectivity index (χ0v) is 11.2. The number of likely N-dealkylation sites (tertiary alicyclic amines) is 1. The Morgan fingerprint density at radius 2 is 2.06 bits per heavy atom. The molecule has 1 aliphatic rings. The lowest BCUT2D eigenvalue weighted by atomic mass is 10.1. The predicted octanol–water partition coefficient (Wildman–Crippen LogP) is 0.382. The van der Waals surface area contributed by atoms with Crippen LogP contribution in [0.25, 0.3) is 0 Å². The van der Waals surface area contributed by atoms with Gasteiger partial charge in [0.2, 0.25) is 5.91 Å². The molecule has 1 aliphatic heterocycles. The number of amides is 2. The number of nitrogens with one attached hydrogen (secondary N) is 1. The molecule has 5 nitrogen and oxygen atoms in total. The lowest BCUT2D eigenvalue weighted by Gasteiger charge is -2.34. The lowest BCUT2D eigenvalue weighted by Crippen LogP contribution is -2.54. The quantitative estimate of drug-likeness (QED) is 0.847. The van der Waals surface area contributed by atoms with Gasteiger partial charge in [-0.25, -0.2) is 0 Å². The van der Waals surface area contributed by atoms with Crippen LogP contribution in [0.1, 0.15) is 10.4 Å². The van der Waals surface area contributed by atoms with Crippen molar-refractivity contribution in [3.63, 3.8) is 0 Å². The lowest BCUT2D eigenvalue weighted by molar-refractivity contribution is -0.123. The fraction of sp³-hybridized carbons (Fsp3) is 0.333. The molecule has 2 rings (SSSR count). The number of aliphatic hydroxyl groups is 1. The summed E-state index contributed by atoms with van der Waals surface area (Å²) in [5, 5.41) is 11.4. The van der Waals surface area contributed by atoms with Gasteiger partial charge in [0.05, 0.1) is 18.2 Å². The topological polar surface area (TPSA) is 69.6 Å². The predicted molar refractivity (Wildman–Crippen MR) is 69.1 cm³/mol. The monoisotopic (exact) mass is 312 g/mol. The van der Waals surface area contributed by atoms with Crippen LogP contribution in [0.5, 0.6) is 0 Å². The summed E-state index contributed by atoms with van der Waals surface area (Å²) < 4.78 is 0.648. The van der Waals surface area contributed by atoms with Crippen molar-refractivity contribution in [3.05, 3.63) is 34.3 Å². The maximum absolute atomic E-state index is 11.8. The molecule has 0 bridgehead atoms. The fourth-order valence-electron chi connectivity index (χ4n) is 1.75. The van der Waals surface area contributed by atoms with E-state index in [0.717, 1.165) is 0 Å². The second-order valence-electron chi connectivity index (χ2n) is 4.21. The Morgan fingerprint density at radius 1 is 1.39 bits per heavy atom. The third-order valence-corrected chi connectivity index (χ3v) is 3.37. The number of carbonyl (C=O) groups excluding carboxylic acids is 2. The number of nitrogens with zero attached hydrogens (tertiary/aromatic N) is 1. The van der Waals surface area contributed by atoms with Crippen molar-refractivity contribution in [2.75, 3.05) is 19.6 Å². The second-order valence-corrected chi connectivity index (χ2v) is 5.06. The number of hydrogen-bond acceptors (Lipinski definition) is 4. The van der Waals surface area contributed by atoms with Crippen LogP contribution < -0.4 is 5.32 Å². The SMILES string of the molecule is O=C(CN1CC(O)C1)NC(=O)c1ccccc1Br. The van der Waals surface area contributed by atoms with E-state index in [0.29, 0.717) is 23.1 Å². The second kappa shape index (κ2) is 5.60. The fourth-order valence-corrected chi connectivity index (χ4v) is 2.22. The van der Waals surface area contributed by atoms with Crippen LogP contribution >= 0.6 is 15.9 Å². The van der Waals surface area contributed by atoms with Gasteiger partial charge in [-0.05, 0) is 28.1 Å². The van der Waals surface area contributed by atoms with E-state index in [4.69, 9.17) is 5.11 Å². The molecule has 1 aromatic carbocycles. The van der Waals surface area contributed by atoms with Gasteiger partial charge in [-0.3, -0.25) is 19.8 Å². The molecule has 0 saturated carbocycles. The molecule has 1 saturated heterocycles. The van der Waals surface area contributed by atoms with Crippen molar-refractivity contribution >= 4 is 27.7 Å². The minimum Gasteiger partial charge on any atom is -0.390 e. The molecule has 1 aromatic rings. The highest BCUT2D eigenvalue weighted by Gasteiger charge is 2.26. The molecule has 0 unspecified atom stereocenters. The van der Waals surface area contributed by atoms with E-state index in [2.05, 4.69) is 21.2 Å². The first kappa shape index (κ1) is 13.2. The van der Waals surface area contributed by atoms with Crippen molar-refractivity contribution < 1.29 is 14.7 Å². The highest BCUT2D eigenvalue weighted by molar-refractivity contribution is 9.10. The van der Waals surface area contributed by atoms with E-state index in [1.54, 1.807) is 29.2 Å². The van der Waals surface area contributed by atoms with Crippen molar-refractivity contribution in [2.45, 2.75) is 6.10 Å². The van der Waals surface area contributed by atoms with Gasteiger partial charge in [-0.2, -0.15) is 0 Å². The summed E-state index contributed by atoms with van der Waals surface area (Å²) in [6.45, 7) is 1.10. The van der Waals surface area contributed by atoms with Gasteiger partial charge in [0.15, 0.2) is 0 Å². The molecule has 0 aliphatic carbocycles. The van der Waals surface area contributed by atoms with E-state index in [-0.39, 0.29) is 18.6 Å².